The lowest BCUT2D eigenvalue weighted by molar-refractivity contribution is -0.384. The van der Waals surface area contributed by atoms with Crippen LogP contribution in [0.25, 0.3) is 0 Å². The van der Waals surface area contributed by atoms with Gasteiger partial charge in [-0.2, -0.15) is 0 Å². The fraction of sp³-hybridized carbons (Fsp3) is 0.0909. The SMILES string of the molecule is COc1cc([N+](=O)[O-])ccc1NC(=O)COC(=O)c1ccc(Oc2ccccc2)cc1. The highest BCUT2D eigenvalue weighted by Crippen LogP contribution is 2.29. The van der Waals surface area contributed by atoms with Crippen molar-refractivity contribution in [2.24, 2.45) is 0 Å². The first kappa shape index (κ1) is 21.3. The lowest BCUT2D eigenvalue weighted by Crippen LogP contribution is -2.21. The molecule has 0 spiro atoms. The molecule has 0 unspecified atom stereocenters. The number of para-hydroxylation sites is 1. The summed E-state index contributed by atoms with van der Waals surface area (Å²) in [6.45, 7) is -0.540. The molecule has 0 bridgehead atoms. The summed E-state index contributed by atoms with van der Waals surface area (Å²) in [6.07, 6.45) is 0. The van der Waals surface area contributed by atoms with Gasteiger partial charge in [0.15, 0.2) is 6.61 Å². The van der Waals surface area contributed by atoms with E-state index in [-0.39, 0.29) is 22.7 Å². The first-order chi connectivity index (χ1) is 15.0. The standard InChI is InChI=1S/C22H18N2O7/c1-29-20-13-16(24(27)28)9-12-19(20)23-21(25)14-30-22(26)15-7-10-18(11-8-15)31-17-5-3-2-4-6-17/h2-13H,14H2,1H3,(H,23,25). The number of hydrogen-bond acceptors (Lipinski definition) is 7. The molecule has 3 rings (SSSR count). The van der Waals surface area contributed by atoms with Crippen molar-refractivity contribution in [2.45, 2.75) is 0 Å². The normalized spacial score (nSPS) is 10.1. The Hall–Kier alpha value is -4.40. The molecular formula is C22H18N2O7. The first-order valence-corrected chi connectivity index (χ1v) is 9.08. The van der Waals surface area contributed by atoms with E-state index in [1.807, 2.05) is 18.2 Å². The molecule has 0 aliphatic rings. The van der Waals surface area contributed by atoms with Crippen molar-refractivity contribution in [1.82, 2.24) is 0 Å². The van der Waals surface area contributed by atoms with Crippen LogP contribution in [0, 0.1) is 10.1 Å². The van der Waals surface area contributed by atoms with Gasteiger partial charge in [0.25, 0.3) is 11.6 Å². The van der Waals surface area contributed by atoms with Crippen LogP contribution < -0.4 is 14.8 Å². The quantitative estimate of drug-likeness (QED) is 0.329. The third-order valence-corrected chi connectivity index (χ3v) is 4.07. The molecule has 0 radical (unpaired) electrons. The minimum absolute atomic E-state index is 0.114. The zero-order chi connectivity index (χ0) is 22.2. The van der Waals surface area contributed by atoms with Gasteiger partial charge in [-0.3, -0.25) is 14.9 Å². The van der Waals surface area contributed by atoms with Crippen molar-refractivity contribution >= 4 is 23.3 Å². The van der Waals surface area contributed by atoms with Gasteiger partial charge < -0.3 is 19.5 Å². The van der Waals surface area contributed by atoms with E-state index in [0.29, 0.717) is 11.5 Å². The van der Waals surface area contributed by atoms with Gasteiger partial charge in [-0.1, -0.05) is 18.2 Å². The number of hydrogen-bond donors (Lipinski definition) is 1. The zero-order valence-electron chi connectivity index (χ0n) is 16.4. The van der Waals surface area contributed by atoms with Crippen LogP contribution in [0.3, 0.4) is 0 Å². The molecule has 3 aromatic rings. The van der Waals surface area contributed by atoms with Crippen LogP contribution >= 0.6 is 0 Å². The molecule has 9 heteroatoms. The second kappa shape index (κ2) is 9.88. The van der Waals surface area contributed by atoms with Gasteiger partial charge in [0.2, 0.25) is 0 Å². The Labute approximate surface area is 177 Å². The maximum Gasteiger partial charge on any atom is 0.338 e. The minimum atomic E-state index is -0.683. The fourth-order valence-electron chi connectivity index (χ4n) is 2.58. The van der Waals surface area contributed by atoms with Crippen LogP contribution in [0.2, 0.25) is 0 Å². The minimum Gasteiger partial charge on any atom is -0.494 e. The average molecular weight is 422 g/mol. The number of nitro groups is 1. The zero-order valence-corrected chi connectivity index (χ0v) is 16.4. The van der Waals surface area contributed by atoms with Crippen molar-refractivity contribution in [3.63, 3.8) is 0 Å². The topological polar surface area (TPSA) is 117 Å². The number of rotatable bonds is 8. The molecule has 0 aliphatic heterocycles. The van der Waals surface area contributed by atoms with Crippen LogP contribution in [0.5, 0.6) is 17.2 Å². The van der Waals surface area contributed by atoms with Gasteiger partial charge >= 0.3 is 5.97 Å². The number of carbonyl (C=O) groups is 2. The van der Waals surface area contributed by atoms with E-state index < -0.39 is 23.4 Å². The van der Waals surface area contributed by atoms with E-state index >= 15 is 0 Å². The number of ether oxygens (including phenoxy) is 3. The fourth-order valence-corrected chi connectivity index (χ4v) is 2.58. The van der Waals surface area contributed by atoms with E-state index in [1.165, 1.54) is 37.4 Å². The Balaban J connectivity index is 1.54. The van der Waals surface area contributed by atoms with E-state index in [1.54, 1.807) is 24.3 Å². The summed E-state index contributed by atoms with van der Waals surface area (Å²) in [7, 11) is 1.32. The van der Waals surface area contributed by atoms with Crippen LogP contribution in [-0.4, -0.2) is 30.5 Å². The Morgan fingerprint density at radius 1 is 0.968 bits per heavy atom. The number of anilines is 1. The predicted molar refractivity (Wildman–Crippen MR) is 112 cm³/mol. The summed E-state index contributed by atoms with van der Waals surface area (Å²) >= 11 is 0. The number of amides is 1. The van der Waals surface area contributed by atoms with Crippen molar-refractivity contribution in [1.29, 1.82) is 0 Å². The van der Waals surface area contributed by atoms with Crippen LogP contribution in [0.4, 0.5) is 11.4 Å². The molecule has 0 saturated carbocycles. The van der Waals surface area contributed by atoms with Gasteiger partial charge in [-0.25, -0.2) is 4.79 Å². The van der Waals surface area contributed by atoms with Crippen LogP contribution in [0.1, 0.15) is 10.4 Å². The number of nitrogens with zero attached hydrogens (tertiary/aromatic N) is 1. The monoisotopic (exact) mass is 422 g/mol. The summed E-state index contributed by atoms with van der Waals surface area (Å²) in [5, 5.41) is 13.3. The second-order valence-corrected chi connectivity index (χ2v) is 6.21. The number of benzene rings is 3. The van der Waals surface area contributed by atoms with Crippen LogP contribution in [-0.2, 0) is 9.53 Å². The average Bonchev–Trinajstić information content (AvgIpc) is 2.78. The largest absolute Gasteiger partial charge is 0.494 e. The van der Waals surface area contributed by atoms with Gasteiger partial charge in [0.05, 0.1) is 29.4 Å². The predicted octanol–water partition coefficient (Wildman–Crippen LogP) is 4.19. The third kappa shape index (κ3) is 5.80. The lowest BCUT2D eigenvalue weighted by atomic mass is 10.2. The highest BCUT2D eigenvalue weighted by atomic mass is 16.6. The molecule has 0 aromatic heterocycles. The van der Waals surface area contributed by atoms with Crippen molar-refractivity contribution in [2.75, 3.05) is 19.0 Å². The summed E-state index contributed by atoms with van der Waals surface area (Å²) < 4.78 is 15.7. The molecule has 158 valence electrons. The molecular weight excluding hydrogens is 404 g/mol. The molecule has 0 fully saturated rings. The van der Waals surface area contributed by atoms with E-state index in [0.717, 1.165) is 0 Å². The molecule has 0 atom stereocenters. The molecule has 31 heavy (non-hydrogen) atoms. The maximum atomic E-state index is 12.2. The summed E-state index contributed by atoms with van der Waals surface area (Å²) in [4.78, 5) is 34.5. The van der Waals surface area contributed by atoms with E-state index in [9.17, 15) is 19.7 Å². The third-order valence-electron chi connectivity index (χ3n) is 4.07. The second-order valence-electron chi connectivity index (χ2n) is 6.21. The van der Waals surface area contributed by atoms with Crippen molar-refractivity contribution in [3.05, 3.63) is 88.5 Å². The van der Waals surface area contributed by atoms with Gasteiger partial charge in [0, 0.05) is 6.07 Å². The van der Waals surface area contributed by atoms with Crippen molar-refractivity contribution < 1.29 is 28.7 Å². The summed E-state index contributed by atoms with van der Waals surface area (Å²) in [6, 6.07) is 19.2. The highest BCUT2D eigenvalue weighted by molar-refractivity contribution is 5.96. The number of nitro benzene ring substituents is 1. The Bertz CT molecular complexity index is 1080. The number of methoxy groups -OCH3 is 1. The first-order valence-electron chi connectivity index (χ1n) is 9.08. The van der Waals surface area contributed by atoms with E-state index in [2.05, 4.69) is 5.32 Å². The Morgan fingerprint density at radius 3 is 2.29 bits per heavy atom. The van der Waals surface area contributed by atoms with Crippen LogP contribution in [0.15, 0.2) is 72.8 Å². The lowest BCUT2D eigenvalue weighted by Gasteiger charge is -2.10. The molecule has 0 aliphatic carbocycles. The molecule has 0 saturated heterocycles. The summed E-state index contributed by atoms with van der Waals surface area (Å²) in [5.74, 6) is 0.0198. The molecule has 1 amide bonds. The smallest absolute Gasteiger partial charge is 0.338 e. The molecule has 9 nitrogen and oxygen atoms in total. The molecule has 1 N–H and O–H groups in total. The van der Waals surface area contributed by atoms with Gasteiger partial charge in [-0.05, 0) is 42.5 Å². The number of nitrogens with one attached hydrogen (secondary N) is 1. The molecule has 0 heterocycles. The Kier molecular flexibility index (Phi) is 6.79. The van der Waals surface area contributed by atoms with Gasteiger partial charge in [-0.15, -0.1) is 0 Å². The van der Waals surface area contributed by atoms with E-state index in [4.69, 9.17) is 14.2 Å². The summed E-state index contributed by atoms with van der Waals surface area (Å²) in [5.41, 5.74) is 0.290. The highest BCUT2D eigenvalue weighted by Gasteiger charge is 2.15. The number of esters is 1. The maximum absolute atomic E-state index is 12.2. The van der Waals surface area contributed by atoms with Gasteiger partial charge in [0.1, 0.15) is 17.2 Å². The Morgan fingerprint density at radius 2 is 1.65 bits per heavy atom. The number of carbonyl (C=O) groups excluding carboxylic acids is 2. The molecule has 3 aromatic carbocycles. The number of non-ortho nitro benzene ring substituents is 1. The van der Waals surface area contributed by atoms with Crippen molar-refractivity contribution in [3.8, 4) is 17.2 Å².